The van der Waals surface area contributed by atoms with Crippen molar-refractivity contribution in [1.29, 1.82) is 0 Å². The van der Waals surface area contributed by atoms with E-state index in [1.807, 2.05) is 0 Å². The summed E-state index contributed by atoms with van der Waals surface area (Å²) in [6.45, 7) is 0. The zero-order chi connectivity index (χ0) is 16.3. The number of carbonyl (C=O) groups excluding carboxylic acids is 1. The number of rotatable bonds is 3. The molecule has 0 fully saturated rings. The van der Waals surface area contributed by atoms with Gasteiger partial charge in [0, 0.05) is 19.7 Å². The molecular formula is C16H14F3NO2. The number of hydrogen-bond acceptors (Lipinski definition) is 2. The van der Waals surface area contributed by atoms with Gasteiger partial charge >= 0.3 is 6.36 Å². The number of hydrogen-bond donors (Lipinski definition) is 0. The summed E-state index contributed by atoms with van der Waals surface area (Å²) >= 11 is 0. The van der Waals surface area contributed by atoms with Crippen molar-refractivity contribution < 1.29 is 22.7 Å². The summed E-state index contributed by atoms with van der Waals surface area (Å²) in [6.07, 6.45) is -4.71. The van der Waals surface area contributed by atoms with Crippen molar-refractivity contribution in [2.75, 3.05) is 14.1 Å². The van der Waals surface area contributed by atoms with Crippen molar-refractivity contribution in [1.82, 2.24) is 4.90 Å². The van der Waals surface area contributed by atoms with Gasteiger partial charge in [-0.05, 0) is 35.4 Å². The Bertz CT molecular complexity index is 664. The summed E-state index contributed by atoms with van der Waals surface area (Å²) in [7, 11) is 3.30. The van der Waals surface area contributed by atoms with Gasteiger partial charge in [-0.3, -0.25) is 4.79 Å². The Morgan fingerprint density at radius 2 is 1.64 bits per heavy atom. The SMILES string of the molecule is CN(C)C(=O)c1cccc(-c2ccc(OC(F)(F)F)cc2)c1. The van der Waals surface area contributed by atoms with Crippen LogP contribution in [0.2, 0.25) is 0 Å². The zero-order valence-electron chi connectivity index (χ0n) is 12.0. The summed E-state index contributed by atoms with van der Waals surface area (Å²) in [4.78, 5) is 13.4. The van der Waals surface area contributed by atoms with Crippen molar-refractivity contribution in [3.8, 4) is 16.9 Å². The van der Waals surface area contributed by atoms with Crippen molar-refractivity contribution in [2.45, 2.75) is 6.36 Å². The molecule has 2 aromatic rings. The molecule has 1 amide bonds. The molecule has 0 spiro atoms. The number of amides is 1. The maximum Gasteiger partial charge on any atom is 0.573 e. The van der Waals surface area contributed by atoms with Crippen LogP contribution in [0, 0.1) is 0 Å². The monoisotopic (exact) mass is 309 g/mol. The van der Waals surface area contributed by atoms with Gasteiger partial charge in [0.05, 0.1) is 0 Å². The second-order valence-corrected chi connectivity index (χ2v) is 4.85. The van der Waals surface area contributed by atoms with Crippen LogP contribution in [0.1, 0.15) is 10.4 Å². The predicted octanol–water partition coefficient (Wildman–Crippen LogP) is 3.95. The van der Waals surface area contributed by atoms with E-state index in [9.17, 15) is 18.0 Å². The molecule has 0 heterocycles. The molecule has 0 saturated carbocycles. The highest BCUT2D eigenvalue weighted by Crippen LogP contribution is 2.27. The van der Waals surface area contributed by atoms with Crippen molar-refractivity contribution >= 4 is 5.91 Å². The molecule has 0 aliphatic rings. The average molecular weight is 309 g/mol. The fraction of sp³-hybridized carbons (Fsp3) is 0.188. The fourth-order valence-corrected chi connectivity index (χ4v) is 1.94. The molecule has 6 heteroatoms. The average Bonchev–Trinajstić information content (AvgIpc) is 2.45. The maximum absolute atomic E-state index is 12.1. The van der Waals surface area contributed by atoms with Crippen molar-refractivity contribution in [2.24, 2.45) is 0 Å². The van der Waals surface area contributed by atoms with E-state index in [1.165, 1.54) is 29.2 Å². The van der Waals surface area contributed by atoms with Gasteiger partial charge in [-0.2, -0.15) is 0 Å². The van der Waals surface area contributed by atoms with Crippen LogP contribution in [0.4, 0.5) is 13.2 Å². The number of carbonyl (C=O) groups is 1. The van der Waals surface area contributed by atoms with Crippen LogP contribution < -0.4 is 4.74 Å². The van der Waals surface area contributed by atoms with Gasteiger partial charge in [-0.1, -0.05) is 24.3 Å². The molecule has 3 nitrogen and oxygen atoms in total. The highest BCUT2D eigenvalue weighted by molar-refractivity contribution is 5.95. The number of benzene rings is 2. The second kappa shape index (κ2) is 6.09. The Balaban J connectivity index is 2.25. The van der Waals surface area contributed by atoms with Crippen LogP contribution in [0.5, 0.6) is 5.75 Å². The first-order chi connectivity index (χ1) is 10.3. The Kier molecular flexibility index (Phi) is 4.40. The molecule has 0 N–H and O–H groups in total. The van der Waals surface area contributed by atoms with Gasteiger partial charge in [0.1, 0.15) is 5.75 Å². The lowest BCUT2D eigenvalue weighted by Gasteiger charge is -2.12. The van der Waals surface area contributed by atoms with Crippen molar-refractivity contribution in [3.63, 3.8) is 0 Å². The molecule has 0 radical (unpaired) electrons. The standard InChI is InChI=1S/C16H14F3NO2/c1-20(2)15(21)13-5-3-4-12(10-13)11-6-8-14(9-7-11)22-16(17,18)19/h3-10H,1-2H3. The van der Waals surface area contributed by atoms with Gasteiger partial charge < -0.3 is 9.64 Å². The van der Waals surface area contributed by atoms with Gasteiger partial charge in [0.2, 0.25) is 0 Å². The third-order valence-corrected chi connectivity index (χ3v) is 2.94. The minimum absolute atomic E-state index is 0.140. The van der Waals surface area contributed by atoms with E-state index in [0.29, 0.717) is 11.1 Å². The number of halogens is 3. The van der Waals surface area contributed by atoms with Crippen LogP contribution in [-0.4, -0.2) is 31.3 Å². The zero-order valence-corrected chi connectivity index (χ0v) is 12.0. The molecule has 0 aromatic heterocycles. The van der Waals surface area contributed by atoms with Crippen LogP contribution in [0.25, 0.3) is 11.1 Å². The summed E-state index contributed by atoms with van der Waals surface area (Å²) < 4.78 is 40.2. The minimum Gasteiger partial charge on any atom is -0.406 e. The normalized spacial score (nSPS) is 11.1. The molecule has 116 valence electrons. The summed E-state index contributed by atoms with van der Waals surface area (Å²) in [6, 6.07) is 12.4. The molecule has 0 unspecified atom stereocenters. The van der Waals surface area contributed by atoms with E-state index < -0.39 is 6.36 Å². The smallest absolute Gasteiger partial charge is 0.406 e. The minimum atomic E-state index is -4.71. The van der Waals surface area contributed by atoms with Crippen LogP contribution >= 0.6 is 0 Å². The lowest BCUT2D eigenvalue weighted by Crippen LogP contribution is -2.21. The molecule has 0 aliphatic heterocycles. The predicted molar refractivity (Wildman–Crippen MR) is 76.6 cm³/mol. The Hall–Kier alpha value is -2.50. The lowest BCUT2D eigenvalue weighted by molar-refractivity contribution is -0.274. The summed E-state index contributed by atoms with van der Waals surface area (Å²) in [5.41, 5.74) is 1.95. The molecule has 22 heavy (non-hydrogen) atoms. The van der Waals surface area contributed by atoms with E-state index in [0.717, 1.165) is 5.56 Å². The van der Waals surface area contributed by atoms with Crippen LogP contribution in [-0.2, 0) is 0 Å². The second-order valence-electron chi connectivity index (χ2n) is 4.85. The molecule has 0 saturated heterocycles. The van der Waals surface area contributed by atoms with Crippen molar-refractivity contribution in [3.05, 3.63) is 54.1 Å². The molecule has 2 rings (SSSR count). The Morgan fingerprint density at radius 1 is 1.00 bits per heavy atom. The maximum atomic E-state index is 12.1. The molecular weight excluding hydrogens is 295 g/mol. The van der Waals surface area contributed by atoms with E-state index in [1.54, 1.807) is 38.4 Å². The number of alkyl halides is 3. The highest BCUT2D eigenvalue weighted by Gasteiger charge is 2.30. The molecule has 0 bridgehead atoms. The first kappa shape index (κ1) is 15.9. The Morgan fingerprint density at radius 3 is 2.18 bits per heavy atom. The highest BCUT2D eigenvalue weighted by atomic mass is 19.4. The van der Waals surface area contributed by atoms with Gasteiger partial charge in [-0.15, -0.1) is 13.2 Å². The number of ether oxygens (including phenoxy) is 1. The van der Waals surface area contributed by atoms with Crippen LogP contribution in [0.15, 0.2) is 48.5 Å². The summed E-state index contributed by atoms with van der Waals surface area (Å²) in [5.74, 6) is -0.421. The van der Waals surface area contributed by atoms with E-state index in [-0.39, 0.29) is 11.7 Å². The Labute approximate surface area is 125 Å². The van der Waals surface area contributed by atoms with E-state index >= 15 is 0 Å². The van der Waals surface area contributed by atoms with Gasteiger partial charge in [-0.25, -0.2) is 0 Å². The first-order valence-electron chi connectivity index (χ1n) is 6.44. The van der Waals surface area contributed by atoms with E-state index in [2.05, 4.69) is 4.74 Å². The third kappa shape index (κ3) is 4.00. The third-order valence-electron chi connectivity index (χ3n) is 2.94. The number of nitrogens with zero attached hydrogens (tertiary/aromatic N) is 1. The first-order valence-corrected chi connectivity index (χ1v) is 6.44. The fourth-order valence-electron chi connectivity index (χ4n) is 1.94. The van der Waals surface area contributed by atoms with Gasteiger partial charge in [0.25, 0.3) is 5.91 Å². The van der Waals surface area contributed by atoms with Gasteiger partial charge in [0.15, 0.2) is 0 Å². The topological polar surface area (TPSA) is 29.5 Å². The summed E-state index contributed by atoms with van der Waals surface area (Å²) in [5, 5.41) is 0. The molecule has 0 aliphatic carbocycles. The largest absolute Gasteiger partial charge is 0.573 e. The van der Waals surface area contributed by atoms with E-state index in [4.69, 9.17) is 0 Å². The lowest BCUT2D eigenvalue weighted by atomic mass is 10.0. The molecule has 0 atom stereocenters. The van der Waals surface area contributed by atoms with Crippen LogP contribution in [0.3, 0.4) is 0 Å². The quantitative estimate of drug-likeness (QED) is 0.859. The molecule has 2 aromatic carbocycles.